The van der Waals surface area contributed by atoms with Crippen LogP contribution in [0.25, 0.3) is 0 Å². The first-order valence-electron chi connectivity index (χ1n) is 5.92. The predicted octanol–water partition coefficient (Wildman–Crippen LogP) is 2.26. The predicted molar refractivity (Wildman–Crippen MR) is 70.8 cm³/mol. The summed E-state index contributed by atoms with van der Waals surface area (Å²) in [6.07, 6.45) is 1.76. The minimum Gasteiger partial charge on any atom is -0.497 e. The summed E-state index contributed by atoms with van der Waals surface area (Å²) in [4.78, 5) is 15.6. The lowest BCUT2D eigenvalue weighted by Gasteiger charge is -2.09. The molecule has 1 N–H and O–H groups in total. The van der Waals surface area contributed by atoms with Crippen molar-refractivity contribution in [1.82, 2.24) is 9.55 Å². The van der Waals surface area contributed by atoms with Gasteiger partial charge in [-0.25, -0.2) is 4.79 Å². The Morgan fingerprint density at radius 1 is 1.42 bits per heavy atom. The molecule has 0 bridgehead atoms. The van der Waals surface area contributed by atoms with E-state index in [1.807, 2.05) is 19.1 Å². The molecule has 0 saturated heterocycles. The van der Waals surface area contributed by atoms with Gasteiger partial charge in [0.1, 0.15) is 11.4 Å². The van der Waals surface area contributed by atoms with Gasteiger partial charge in [0, 0.05) is 24.0 Å². The molecule has 0 aliphatic heterocycles. The molecule has 2 aromatic rings. The molecule has 2 aromatic heterocycles. The zero-order valence-electron chi connectivity index (χ0n) is 11.2. The second-order valence-electron chi connectivity index (χ2n) is 4.42. The maximum Gasteiger partial charge on any atom is 0.352 e. The molecule has 5 heteroatoms. The van der Waals surface area contributed by atoms with Crippen molar-refractivity contribution in [3.05, 3.63) is 47.0 Å². The molecule has 2 rings (SSSR count). The van der Waals surface area contributed by atoms with Crippen LogP contribution >= 0.6 is 0 Å². The fraction of sp³-hybridized carbons (Fsp3) is 0.286. The third kappa shape index (κ3) is 2.76. The van der Waals surface area contributed by atoms with Gasteiger partial charge in [-0.1, -0.05) is 0 Å². The van der Waals surface area contributed by atoms with E-state index >= 15 is 0 Å². The Kier molecular flexibility index (Phi) is 3.55. The summed E-state index contributed by atoms with van der Waals surface area (Å²) in [5.41, 5.74) is 2.65. The number of hydrogen-bond acceptors (Lipinski definition) is 3. The molecule has 0 aliphatic carbocycles. The van der Waals surface area contributed by atoms with Gasteiger partial charge in [0.15, 0.2) is 0 Å². The van der Waals surface area contributed by atoms with Crippen LogP contribution in [0.1, 0.15) is 27.4 Å². The highest BCUT2D eigenvalue weighted by molar-refractivity contribution is 5.87. The molecular weight excluding hydrogens is 244 g/mol. The summed E-state index contributed by atoms with van der Waals surface area (Å²) in [5, 5.41) is 9.20. The normalized spacial score (nSPS) is 10.5. The molecule has 0 spiro atoms. The van der Waals surface area contributed by atoms with Crippen molar-refractivity contribution < 1.29 is 14.6 Å². The van der Waals surface area contributed by atoms with E-state index in [-0.39, 0.29) is 0 Å². The monoisotopic (exact) mass is 260 g/mol. The molecular formula is C14H16N2O3. The summed E-state index contributed by atoms with van der Waals surface area (Å²) >= 11 is 0. The highest BCUT2D eigenvalue weighted by atomic mass is 16.5. The van der Waals surface area contributed by atoms with Crippen LogP contribution in [0.3, 0.4) is 0 Å². The van der Waals surface area contributed by atoms with Crippen LogP contribution < -0.4 is 4.74 Å². The van der Waals surface area contributed by atoms with Gasteiger partial charge in [0.05, 0.1) is 19.3 Å². The number of ether oxygens (including phenoxy) is 1. The van der Waals surface area contributed by atoms with Crippen LogP contribution in [0, 0.1) is 13.8 Å². The Labute approximate surface area is 111 Å². The molecule has 0 unspecified atom stereocenters. The van der Waals surface area contributed by atoms with E-state index in [1.165, 1.54) is 0 Å². The van der Waals surface area contributed by atoms with Gasteiger partial charge in [-0.05, 0) is 25.5 Å². The number of pyridine rings is 1. The molecule has 0 amide bonds. The largest absolute Gasteiger partial charge is 0.497 e. The van der Waals surface area contributed by atoms with E-state index in [2.05, 4.69) is 4.98 Å². The number of rotatable bonds is 4. The molecule has 0 aromatic carbocycles. The van der Waals surface area contributed by atoms with Gasteiger partial charge in [-0.3, -0.25) is 4.98 Å². The molecule has 5 nitrogen and oxygen atoms in total. The van der Waals surface area contributed by atoms with E-state index in [0.717, 1.165) is 22.7 Å². The summed E-state index contributed by atoms with van der Waals surface area (Å²) in [6.45, 7) is 4.07. The molecule has 0 atom stereocenters. The number of carbonyl (C=O) groups is 1. The van der Waals surface area contributed by atoms with E-state index in [0.29, 0.717) is 12.2 Å². The second kappa shape index (κ2) is 5.14. The fourth-order valence-corrected chi connectivity index (χ4v) is 2.08. The Morgan fingerprint density at radius 2 is 2.16 bits per heavy atom. The van der Waals surface area contributed by atoms with Crippen LogP contribution in [0.2, 0.25) is 0 Å². The lowest BCUT2D eigenvalue weighted by atomic mass is 10.2. The van der Waals surface area contributed by atoms with Crippen molar-refractivity contribution >= 4 is 5.97 Å². The summed E-state index contributed by atoms with van der Waals surface area (Å²) in [5.74, 6) is -0.203. The smallest absolute Gasteiger partial charge is 0.352 e. The first-order chi connectivity index (χ1) is 9.01. The second-order valence-corrected chi connectivity index (χ2v) is 4.42. The average Bonchev–Trinajstić information content (AvgIpc) is 2.69. The molecule has 0 saturated carbocycles. The van der Waals surface area contributed by atoms with Gasteiger partial charge in [-0.2, -0.15) is 0 Å². The van der Waals surface area contributed by atoms with Crippen molar-refractivity contribution in [1.29, 1.82) is 0 Å². The average molecular weight is 260 g/mol. The van der Waals surface area contributed by atoms with Crippen molar-refractivity contribution in [2.75, 3.05) is 7.11 Å². The minimum atomic E-state index is -0.929. The lowest BCUT2D eigenvalue weighted by molar-refractivity contribution is 0.0685. The van der Waals surface area contributed by atoms with Crippen LogP contribution in [-0.4, -0.2) is 27.7 Å². The molecule has 2 heterocycles. The first-order valence-corrected chi connectivity index (χ1v) is 5.92. The van der Waals surface area contributed by atoms with Crippen LogP contribution in [0.5, 0.6) is 5.75 Å². The highest BCUT2D eigenvalue weighted by Crippen LogP contribution is 2.16. The standard InChI is InChI=1S/C14H16N2O3/c1-9-4-5-16(13(9)14(17)18)8-11-7-12(19-3)6-10(2)15-11/h4-7H,8H2,1-3H3,(H,17,18). The van der Waals surface area contributed by atoms with Crippen LogP contribution in [-0.2, 0) is 6.54 Å². The first kappa shape index (κ1) is 13.1. The third-order valence-corrected chi connectivity index (χ3v) is 2.92. The van der Waals surface area contributed by atoms with Crippen molar-refractivity contribution in [3.8, 4) is 5.75 Å². The number of hydrogen-bond donors (Lipinski definition) is 1. The number of aromatic nitrogens is 2. The topological polar surface area (TPSA) is 64.4 Å². The highest BCUT2D eigenvalue weighted by Gasteiger charge is 2.14. The van der Waals surface area contributed by atoms with Crippen LogP contribution in [0.4, 0.5) is 0 Å². The Bertz CT molecular complexity index is 617. The van der Waals surface area contributed by atoms with Crippen LogP contribution in [0.15, 0.2) is 24.4 Å². The van der Waals surface area contributed by atoms with Crippen molar-refractivity contribution in [2.24, 2.45) is 0 Å². The number of nitrogens with zero attached hydrogens (tertiary/aromatic N) is 2. The number of methoxy groups -OCH3 is 1. The molecule has 0 aliphatic rings. The van der Waals surface area contributed by atoms with E-state index in [9.17, 15) is 9.90 Å². The number of aryl methyl sites for hydroxylation is 2. The minimum absolute atomic E-state index is 0.294. The number of carboxylic acid groups (broad SMARTS) is 1. The van der Waals surface area contributed by atoms with E-state index in [1.54, 1.807) is 30.9 Å². The van der Waals surface area contributed by atoms with Gasteiger partial charge < -0.3 is 14.4 Å². The van der Waals surface area contributed by atoms with Crippen molar-refractivity contribution in [2.45, 2.75) is 20.4 Å². The SMILES string of the molecule is COc1cc(C)nc(Cn2ccc(C)c2C(=O)O)c1. The van der Waals surface area contributed by atoms with Gasteiger partial charge in [0.2, 0.25) is 0 Å². The Morgan fingerprint density at radius 3 is 2.79 bits per heavy atom. The summed E-state index contributed by atoms with van der Waals surface area (Å²) < 4.78 is 6.87. The molecule has 0 radical (unpaired) electrons. The zero-order valence-corrected chi connectivity index (χ0v) is 11.2. The Hall–Kier alpha value is -2.30. The molecule has 0 fully saturated rings. The maximum atomic E-state index is 11.2. The van der Waals surface area contributed by atoms with Gasteiger partial charge in [-0.15, -0.1) is 0 Å². The van der Waals surface area contributed by atoms with Gasteiger partial charge in [0.25, 0.3) is 0 Å². The third-order valence-electron chi connectivity index (χ3n) is 2.92. The van der Waals surface area contributed by atoms with Gasteiger partial charge >= 0.3 is 5.97 Å². The molecule has 19 heavy (non-hydrogen) atoms. The van der Waals surface area contributed by atoms with E-state index in [4.69, 9.17) is 4.74 Å². The maximum absolute atomic E-state index is 11.2. The van der Waals surface area contributed by atoms with Crippen molar-refractivity contribution in [3.63, 3.8) is 0 Å². The molecule has 100 valence electrons. The fourth-order valence-electron chi connectivity index (χ4n) is 2.08. The summed E-state index contributed by atoms with van der Waals surface area (Å²) in [7, 11) is 1.60. The number of aromatic carboxylic acids is 1. The number of carboxylic acids is 1. The zero-order chi connectivity index (χ0) is 14.0. The quantitative estimate of drug-likeness (QED) is 0.915. The summed E-state index contributed by atoms with van der Waals surface area (Å²) in [6, 6.07) is 5.44. The Balaban J connectivity index is 2.36. The lowest BCUT2D eigenvalue weighted by Crippen LogP contribution is -2.11. The van der Waals surface area contributed by atoms with E-state index < -0.39 is 5.97 Å².